The van der Waals surface area contributed by atoms with Crippen molar-refractivity contribution in [3.63, 3.8) is 0 Å². The summed E-state index contributed by atoms with van der Waals surface area (Å²) < 4.78 is 27.8. The van der Waals surface area contributed by atoms with Crippen LogP contribution < -0.4 is 4.72 Å². The van der Waals surface area contributed by atoms with Gasteiger partial charge in [0.2, 0.25) is 10.0 Å². The van der Waals surface area contributed by atoms with E-state index in [1.54, 1.807) is 23.9 Å². The fourth-order valence-electron chi connectivity index (χ4n) is 1.72. The van der Waals surface area contributed by atoms with E-state index in [1.165, 1.54) is 22.5 Å². The van der Waals surface area contributed by atoms with E-state index < -0.39 is 10.0 Å². The molecule has 0 bridgehead atoms. The number of hydrogen-bond donors (Lipinski definition) is 1. The van der Waals surface area contributed by atoms with Crippen LogP contribution in [0.3, 0.4) is 0 Å². The molecule has 3 nitrogen and oxygen atoms in total. The minimum absolute atomic E-state index is 0.346. The predicted octanol–water partition coefficient (Wildman–Crippen LogP) is 4.03. The Morgan fingerprint density at radius 3 is 2.67 bits per heavy atom. The molecule has 21 heavy (non-hydrogen) atoms. The normalized spacial score (nSPS) is 11.7. The fraction of sp³-hybridized carbons (Fsp3) is 0.286. The van der Waals surface area contributed by atoms with E-state index in [1.807, 2.05) is 12.1 Å². The van der Waals surface area contributed by atoms with Crippen molar-refractivity contribution >= 4 is 49.1 Å². The molecule has 0 spiro atoms. The van der Waals surface area contributed by atoms with Crippen LogP contribution in [0.4, 0.5) is 0 Å². The van der Waals surface area contributed by atoms with Gasteiger partial charge in [0.15, 0.2) is 0 Å². The number of benzene rings is 1. The number of aryl methyl sites for hydroxylation is 1. The maximum absolute atomic E-state index is 12.0. The maximum atomic E-state index is 12.0. The van der Waals surface area contributed by atoms with Crippen LogP contribution in [0, 0.1) is 6.92 Å². The van der Waals surface area contributed by atoms with E-state index in [0.717, 1.165) is 15.3 Å². The number of nitrogens with one attached hydrogen (secondary N) is 1. The van der Waals surface area contributed by atoms with Crippen LogP contribution >= 0.6 is 39.0 Å². The van der Waals surface area contributed by atoms with Crippen LogP contribution in [0.5, 0.6) is 0 Å². The second-order valence-electron chi connectivity index (χ2n) is 4.44. The molecule has 0 atom stereocenters. The molecule has 0 aliphatic heterocycles. The summed E-state index contributed by atoms with van der Waals surface area (Å²) >= 11 is 6.22. The van der Waals surface area contributed by atoms with Crippen LogP contribution in [0.25, 0.3) is 0 Å². The highest BCUT2D eigenvalue weighted by Gasteiger charge is 2.15. The largest absolute Gasteiger partial charge is 0.250 e. The molecule has 1 heterocycles. The fourth-order valence-corrected chi connectivity index (χ4v) is 5.87. The quantitative estimate of drug-likeness (QED) is 0.707. The van der Waals surface area contributed by atoms with Crippen molar-refractivity contribution in [2.45, 2.75) is 16.9 Å². The van der Waals surface area contributed by atoms with Gasteiger partial charge in [-0.15, -0.1) is 11.3 Å². The Balaban J connectivity index is 1.76. The first-order valence-electron chi connectivity index (χ1n) is 6.36. The molecule has 7 heteroatoms. The first kappa shape index (κ1) is 17.0. The zero-order chi connectivity index (χ0) is 15.3. The Hall–Kier alpha value is -0.340. The molecular formula is C14H16BrNO2S3. The third kappa shape index (κ3) is 5.10. The van der Waals surface area contributed by atoms with Gasteiger partial charge in [-0.25, -0.2) is 13.1 Å². The molecule has 1 N–H and O–H groups in total. The molecule has 114 valence electrons. The van der Waals surface area contributed by atoms with Crippen LogP contribution in [0.15, 0.2) is 44.4 Å². The number of hydrogen-bond acceptors (Lipinski definition) is 4. The number of thioether (sulfide) groups is 1. The van der Waals surface area contributed by atoms with E-state index in [9.17, 15) is 8.42 Å². The van der Waals surface area contributed by atoms with Crippen molar-refractivity contribution in [3.05, 3.63) is 51.3 Å². The van der Waals surface area contributed by atoms with Gasteiger partial charge in [-0.3, -0.25) is 0 Å². The van der Waals surface area contributed by atoms with Gasteiger partial charge >= 0.3 is 0 Å². The monoisotopic (exact) mass is 405 g/mol. The molecule has 2 aromatic rings. The summed E-state index contributed by atoms with van der Waals surface area (Å²) in [6.07, 6.45) is 0. The molecule has 0 aliphatic rings. The second-order valence-corrected chi connectivity index (χ2v) is 10.00. The van der Waals surface area contributed by atoms with E-state index in [2.05, 4.69) is 39.7 Å². The van der Waals surface area contributed by atoms with Gasteiger partial charge in [-0.05, 0) is 46.1 Å². The highest BCUT2D eigenvalue weighted by molar-refractivity contribution is 9.11. The molecule has 0 aliphatic carbocycles. The first-order chi connectivity index (χ1) is 9.99. The molecular weight excluding hydrogens is 390 g/mol. The molecule has 0 saturated carbocycles. The Morgan fingerprint density at radius 2 is 2.00 bits per heavy atom. The Kier molecular flexibility index (Phi) is 6.31. The molecule has 2 rings (SSSR count). The summed E-state index contributed by atoms with van der Waals surface area (Å²) in [6.45, 7) is 2.53. The highest BCUT2D eigenvalue weighted by Crippen LogP contribution is 2.25. The third-order valence-electron chi connectivity index (χ3n) is 2.87. The van der Waals surface area contributed by atoms with Crippen molar-refractivity contribution in [2.75, 3.05) is 12.3 Å². The Bertz CT molecular complexity index is 698. The summed E-state index contributed by atoms with van der Waals surface area (Å²) in [6, 6.07) is 11.6. The van der Waals surface area contributed by atoms with E-state index in [-0.39, 0.29) is 0 Å². The lowest BCUT2D eigenvalue weighted by atomic mass is 10.1. The first-order valence-corrected chi connectivity index (χ1v) is 10.6. The zero-order valence-corrected chi connectivity index (χ0v) is 15.5. The Labute approximate surface area is 142 Å². The van der Waals surface area contributed by atoms with Gasteiger partial charge in [0.25, 0.3) is 0 Å². The number of sulfonamides is 1. The van der Waals surface area contributed by atoms with Crippen molar-refractivity contribution in [2.24, 2.45) is 0 Å². The van der Waals surface area contributed by atoms with E-state index in [4.69, 9.17) is 0 Å². The van der Waals surface area contributed by atoms with Crippen LogP contribution in [-0.4, -0.2) is 20.7 Å². The van der Waals surface area contributed by atoms with Crippen molar-refractivity contribution in [1.29, 1.82) is 0 Å². The predicted molar refractivity (Wildman–Crippen MR) is 94.5 cm³/mol. The van der Waals surface area contributed by atoms with Gasteiger partial charge in [-0.1, -0.05) is 24.3 Å². The van der Waals surface area contributed by atoms with Gasteiger partial charge < -0.3 is 0 Å². The topological polar surface area (TPSA) is 46.2 Å². The van der Waals surface area contributed by atoms with Crippen LogP contribution in [-0.2, 0) is 15.8 Å². The summed E-state index contributed by atoms with van der Waals surface area (Å²) in [7, 11) is -3.37. The standard InChI is InChI=1S/C14H16BrNO2S3/c1-11-4-2-3-5-12(11)10-19-9-8-16-21(17,18)14-7-6-13(15)20-14/h2-7,16H,8-10H2,1H3. The van der Waals surface area contributed by atoms with Gasteiger partial charge in [0.05, 0.1) is 3.79 Å². The number of rotatable bonds is 7. The average Bonchev–Trinajstić information content (AvgIpc) is 2.88. The lowest BCUT2D eigenvalue weighted by molar-refractivity contribution is 0.586. The third-order valence-corrected chi connectivity index (χ3v) is 7.46. The van der Waals surface area contributed by atoms with Gasteiger partial charge in [0, 0.05) is 18.1 Å². The molecule has 1 aromatic carbocycles. The molecule has 0 fully saturated rings. The van der Waals surface area contributed by atoms with Crippen molar-refractivity contribution in [1.82, 2.24) is 4.72 Å². The SMILES string of the molecule is Cc1ccccc1CSCCNS(=O)(=O)c1ccc(Br)s1. The summed E-state index contributed by atoms with van der Waals surface area (Å²) in [4.78, 5) is 0. The molecule has 0 radical (unpaired) electrons. The second kappa shape index (κ2) is 7.78. The van der Waals surface area contributed by atoms with Crippen LogP contribution in [0.1, 0.15) is 11.1 Å². The minimum atomic E-state index is -3.37. The van der Waals surface area contributed by atoms with Crippen molar-refractivity contribution < 1.29 is 8.42 Å². The summed E-state index contributed by atoms with van der Waals surface area (Å²) in [5, 5.41) is 0. The summed E-state index contributed by atoms with van der Waals surface area (Å²) in [5.41, 5.74) is 2.57. The van der Waals surface area contributed by atoms with Gasteiger partial charge in [0.1, 0.15) is 4.21 Å². The lowest BCUT2D eigenvalue weighted by Gasteiger charge is -2.06. The average molecular weight is 406 g/mol. The highest BCUT2D eigenvalue weighted by atomic mass is 79.9. The van der Waals surface area contributed by atoms with Gasteiger partial charge in [-0.2, -0.15) is 11.8 Å². The number of halogens is 1. The smallest absolute Gasteiger partial charge is 0.210 e. The van der Waals surface area contributed by atoms with E-state index >= 15 is 0 Å². The van der Waals surface area contributed by atoms with Crippen LogP contribution in [0.2, 0.25) is 0 Å². The lowest BCUT2D eigenvalue weighted by Crippen LogP contribution is -2.25. The Morgan fingerprint density at radius 1 is 1.24 bits per heavy atom. The zero-order valence-electron chi connectivity index (χ0n) is 11.5. The molecule has 1 aromatic heterocycles. The maximum Gasteiger partial charge on any atom is 0.250 e. The molecule has 0 saturated heterocycles. The minimum Gasteiger partial charge on any atom is -0.210 e. The number of thiophene rings is 1. The van der Waals surface area contributed by atoms with E-state index in [0.29, 0.717) is 10.8 Å². The molecule has 0 amide bonds. The summed E-state index contributed by atoms with van der Waals surface area (Å²) in [5.74, 6) is 1.65. The van der Waals surface area contributed by atoms with Crippen molar-refractivity contribution in [3.8, 4) is 0 Å². The molecule has 0 unspecified atom stereocenters.